The number of carbonyl (C=O) groups is 1. The van der Waals surface area contributed by atoms with E-state index in [9.17, 15) is 4.79 Å². The minimum atomic E-state index is -0.167. The van der Waals surface area contributed by atoms with E-state index in [1.54, 1.807) is 6.20 Å². The number of nitrogens with zero attached hydrogens (tertiary/aromatic N) is 1. The van der Waals surface area contributed by atoms with Crippen molar-refractivity contribution in [2.45, 2.75) is 6.54 Å². The molecule has 4 heteroatoms. The average molecular weight is 201 g/mol. The lowest BCUT2D eigenvalue weighted by molar-refractivity contribution is 0.0946. The lowest BCUT2D eigenvalue weighted by Crippen LogP contribution is -2.22. The van der Waals surface area contributed by atoms with Crippen LogP contribution < -0.4 is 5.32 Å². The Morgan fingerprint density at radius 2 is 2.13 bits per heavy atom. The molecule has 4 nitrogen and oxygen atoms in total. The Balaban J connectivity index is 1.92. The third kappa shape index (κ3) is 2.43. The summed E-state index contributed by atoms with van der Waals surface area (Å²) in [5.74, 6) is -0.167. The summed E-state index contributed by atoms with van der Waals surface area (Å²) < 4.78 is 0. The van der Waals surface area contributed by atoms with E-state index in [0.29, 0.717) is 12.2 Å². The maximum atomic E-state index is 11.5. The highest BCUT2D eigenvalue weighted by molar-refractivity contribution is 5.91. The minimum Gasteiger partial charge on any atom is -0.350 e. The van der Waals surface area contributed by atoms with Gasteiger partial charge in [0.1, 0.15) is 5.69 Å². The highest BCUT2D eigenvalue weighted by atomic mass is 16.1. The zero-order valence-corrected chi connectivity index (χ0v) is 8.10. The summed E-state index contributed by atoms with van der Waals surface area (Å²) in [7, 11) is 0. The Bertz CT molecular complexity index is 422. The number of H-pyrrole nitrogens is 1. The van der Waals surface area contributed by atoms with Gasteiger partial charge in [0, 0.05) is 12.7 Å². The fraction of sp³-hybridized carbons (Fsp3) is 0.0909. The summed E-state index contributed by atoms with van der Waals surface area (Å²) >= 11 is 0. The molecule has 0 spiro atoms. The summed E-state index contributed by atoms with van der Waals surface area (Å²) in [6, 6.07) is 9.75. The molecule has 1 aromatic carbocycles. The lowest BCUT2D eigenvalue weighted by atomic mass is 10.2. The molecule has 2 aromatic rings. The largest absolute Gasteiger partial charge is 0.350 e. The van der Waals surface area contributed by atoms with E-state index in [0.717, 1.165) is 5.56 Å². The van der Waals surface area contributed by atoms with Crippen LogP contribution in [0.25, 0.3) is 0 Å². The SMILES string of the molecule is O=C(NCc1ccccc1)c1c[nH]cn1. The number of imidazole rings is 1. The van der Waals surface area contributed by atoms with Gasteiger partial charge >= 0.3 is 0 Å². The van der Waals surface area contributed by atoms with Gasteiger partial charge < -0.3 is 10.3 Å². The number of hydrogen-bond acceptors (Lipinski definition) is 2. The van der Waals surface area contributed by atoms with Crippen molar-refractivity contribution >= 4 is 5.91 Å². The number of rotatable bonds is 3. The highest BCUT2D eigenvalue weighted by Crippen LogP contribution is 1.98. The molecular formula is C11H11N3O. The van der Waals surface area contributed by atoms with E-state index < -0.39 is 0 Å². The molecule has 0 radical (unpaired) electrons. The quantitative estimate of drug-likeness (QED) is 0.787. The molecule has 0 aliphatic heterocycles. The van der Waals surface area contributed by atoms with Gasteiger partial charge in [0.15, 0.2) is 0 Å². The van der Waals surface area contributed by atoms with Crippen LogP contribution in [0.5, 0.6) is 0 Å². The van der Waals surface area contributed by atoms with Crippen LogP contribution in [0, 0.1) is 0 Å². The van der Waals surface area contributed by atoms with E-state index in [1.165, 1.54) is 6.33 Å². The van der Waals surface area contributed by atoms with E-state index in [2.05, 4.69) is 15.3 Å². The molecule has 0 aliphatic carbocycles. The first-order valence-corrected chi connectivity index (χ1v) is 4.67. The van der Waals surface area contributed by atoms with Crippen molar-refractivity contribution in [2.75, 3.05) is 0 Å². The summed E-state index contributed by atoms with van der Waals surface area (Å²) in [5.41, 5.74) is 1.48. The van der Waals surface area contributed by atoms with Crippen LogP contribution in [0.1, 0.15) is 16.1 Å². The topological polar surface area (TPSA) is 57.8 Å². The number of nitrogens with one attached hydrogen (secondary N) is 2. The number of carbonyl (C=O) groups excluding carboxylic acids is 1. The number of benzene rings is 1. The smallest absolute Gasteiger partial charge is 0.271 e. The third-order valence-corrected chi connectivity index (χ3v) is 2.03. The normalized spacial score (nSPS) is 9.87. The van der Waals surface area contributed by atoms with Crippen molar-refractivity contribution in [3.05, 3.63) is 54.1 Å². The summed E-state index contributed by atoms with van der Waals surface area (Å²) in [5, 5.41) is 2.78. The first-order chi connectivity index (χ1) is 7.36. The van der Waals surface area contributed by atoms with E-state index in [1.807, 2.05) is 30.3 Å². The van der Waals surface area contributed by atoms with E-state index in [-0.39, 0.29) is 5.91 Å². The standard InChI is InChI=1S/C11H11N3O/c15-11(10-7-12-8-14-10)13-6-9-4-2-1-3-5-9/h1-5,7-8H,6H2,(H,12,14)(H,13,15). The molecule has 0 aliphatic rings. The molecule has 0 saturated heterocycles. The van der Waals surface area contributed by atoms with Crippen molar-refractivity contribution in [1.82, 2.24) is 15.3 Å². The van der Waals surface area contributed by atoms with Gasteiger partial charge in [-0.15, -0.1) is 0 Å². The highest BCUT2D eigenvalue weighted by Gasteiger charge is 2.05. The Hall–Kier alpha value is -2.10. The van der Waals surface area contributed by atoms with Crippen LogP contribution in [-0.4, -0.2) is 15.9 Å². The fourth-order valence-electron chi connectivity index (χ4n) is 1.25. The van der Waals surface area contributed by atoms with Crippen LogP contribution >= 0.6 is 0 Å². The van der Waals surface area contributed by atoms with E-state index >= 15 is 0 Å². The second-order valence-electron chi connectivity index (χ2n) is 3.12. The van der Waals surface area contributed by atoms with Gasteiger partial charge in [0.25, 0.3) is 5.91 Å². The van der Waals surface area contributed by atoms with Crippen molar-refractivity contribution in [1.29, 1.82) is 0 Å². The zero-order valence-electron chi connectivity index (χ0n) is 8.10. The molecule has 1 amide bonds. The molecule has 15 heavy (non-hydrogen) atoms. The van der Waals surface area contributed by atoms with Gasteiger partial charge in [-0.1, -0.05) is 30.3 Å². The molecule has 76 valence electrons. The first-order valence-electron chi connectivity index (χ1n) is 4.67. The zero-order chi connectivity index (χ0) is 10.5. The summed E-state index contributed by atoms with van der Waals surface area (Å²) in [4.78, 5) is 18.1. The van der Waals surface area contributed by atoms with E-state index in [4.69, 9.17) is 0 Å². The van der Waals surface area contributed by atoms with Gasteiger partial charge in [-0.3, -0.25) is 4.79 Å². The first kappa shape index (κ1) is 9.45. The fourth-order valence-corrected chi connectivity index (χ4v) is 1.25. The molecule has 0 unspecified atom stereocenters. The van der Waals surface area contributed by atoms with Crippen molar-refractivity contribution in [2.24, 2.45) is 0 Å². The molecule has 1 heterocycles. The summed E-state index contributed by atoms with van der Waals surface area (Å²) in [6.45, 7) is 0.520. The van der Waals surface area contributed by atoms with Crippen molar-refractivity contribution in [3.8, 4) is 0 Å². The molecule has 0 atom stereocenters. The van der Waals surface area contributed by atoms with Crippen LogP contribution in [0.4, 0.5) is 0 Å². The molecule has 2 rings (SSSR count). The number of aromatic amines is 1. The predicted octanol–water partition coefficient (Wildman–Crippen LogP) is 1.34. The summed E-state index contributed by atoms with van der Waals surface area (Å²) in [6.07, 6.45) is 3.05. The average Bonchev–Trinajstić information content (AvgIpc) is 2.81. The second kappa shape index (κ2) is 4.41. The van der Waals surface area contributed by atoms with Gasteiger partial charge in [-0.2, -0.15) is 0 Å². The Labute approximate surface area is 87.4 Å². The van der Waals surface area contributed by atoms with Gasteiger partial charge in [0.2, 0.25) is 0 Å². The molecular weight excluding hydrogens is 190 g/mol. The third-order valence-electron chi connectivity index (χ3n) is 2.03. The number of hydrogen-bond donors (Lipinski definition) is 2. The second-order valence-corrected chi connectivity index (χ2v) is 3.12. The van der Waals surface area contributed by atoms with Crippen molar-refractivity contribution in [3.63, 3.8) is 0 Å². The predicted molar refractivity (Wildman–Crippen MR) is 56.2 cm³/mol. The maximum absolute atomic E-state index is 11.5. The molecule has 0 saturated carbocycles. The van der Waals surface area contributed by atoms with Crippen LogP contribution in [0.15, 0.2) is 42.9 Å². The maximum Gasteiger partial charge on any atom is 0.271 e. The van der Waals surface area contributed by atoms with Gasteiger partial charge in [-0.25, -0.2) is 4.98 Å². The Kier molecular flexibility index (Phi) is 2.78. The van der Waals surface area contributed by atoms with Gasteiger partial charge in [-0.05, 0) is 5.56 Å². The van der Waals surface area contributed by atoms with Crippen LogP contribution in [0.2, 0.25) is 0 Å². The lowest BCUT2D eigenvalue weighted by Gasteiger charge is -2.02. The molecule has 1 aromatic heterocycles. The van der Waals surface area contributed by atoms with Crippen LogP contribution in [0.3, 0.4) is 0 Å². The Morgan fingerprint density at radius 3 is 2.80 bits per heavy atom. The monoisotopic (exact) mass is 201 g/mol. The minimum absolute atomic E-state index is 0.167. The van der Waals surface area contributed by atoms with Gasteiger partial charge in [0.05, 0.1) is 6.33 Å². The molecule has 0 fully saturated rings. The molecule has 2 N–H and O–H groups in total. The molecule has 0 bridgehead atoms. The number of amides is 1. The Morgan fingerprint density at radius 1 is 1.33 bits per heavy atom. The van der Waals surface area contributed by atoms with Crippen LogP contribution in [-0.2, 0) is 6.54 Å². The number of aromatic nitrogens is 2. The van der Waals surface area contributed by atoms with Crippen molar-refractivity contribution < 1.29 is 4.79 Å².